The van der Waals surface area contributed by atoms with E-state index in [1.165, 1.54) is 0 Å². The van der Waals surface area contributed by atoms with Crippen molar-refractivity contribution in [1.29, 1.82) is 5.26 Å². The fraction of sp³-hybridized carbons (Fsp3) is 0.227. The minimum Gasteiger partial charge on any atom is -0.493 e. The second-order valence-electron chi connectivity index (χ2n) is 5.33. The lowest BCUT2D eigenvalue weighted by Crippen LogP contribution is -2.09. The first-order valence-corrected chi connectivity index (χ1v) is 8.56. The van der Waals surface area contributed by atoms with Crippen LogP contribution in [0.1, 0.15) is 35.7 Å². The summed E-state index contributed by atoms with van der Waals surface area (Å²) < 4.78 is 15.7. The zero-order valence-electron chi connectivity index (χ0n) is 15.6. The van der Waals surface area contributed by atoms with Crippen molar-refractivity contribution in [3.05, 3.63) is 59.7 Å². The second-order valence-corrected chi connectivity index (χ2v) is 5.33. The smallest absolute Gasteiger partial charge is 0.343 e. The van der Waals surface area contributed by atoms with E-state index in [2.05, 4.69) is 12.8 Å². The molecule has 2 rings (SSSR count). The Hall–Kier alpha value is -3.77. The van der Waals surface area contributed by atoms with E-state index < -0.39 is 5.97 Å². The van der Waals surface area contributed by atoms with E-state index in [-0.39, 0.29) is 5.97 Å². The van der Waals surface area contributed by atoms with Gasteiger partial charge in [-0.05, 0) is 48.5 Å². The van der Waals surface area contributed by atoms with Gasteiger partial charge < -0.3 is 14.2 Å². The summed E-state index contributed by atoms with van der Waals surface area (Å²) in [5.41, 5.74) is 0.884. The lowest BCUT2D eigenvalue weighted by atomic mass is 10.2. The van der Waals surface area contributed by atoms with E-state index in [1.54, 1.807) is 55.5 Å². The van der Waals surface area contributed by atoms with Crippen molar-refractivity contribution >= 4 is 11.9 Å². The third-order valence-electron chi connectivity index (χ3n) is 3.39. The Bertz CT molecular complexity index is 817. The monoisotopic (exact) mass is 379 g/mol. The Kier molecular flexibility index (Phi) is 9.99. The Labute approximate surface area is 164 Å². The highest BCUT2D eigenvalue weighted by Gasteiger charge is 2.09. The van der Waals surface area contributed by atoms with Gasteiger partial charge in [-0.3, -0.25) is 4.79 Å². The number of rotatable bonds is 8. The Morgan fingerprint density at radius 2 is 1.57 bits per heavy atom. The van der Waals surface area contributed by atoms with Gasteiger partial charge in [-0.2, -0.15) is 5.26 Å². The first kappa shape index (κ1) is 22.3. The highest BCUT2D eigenvalue weighted by atomic mass is 16.5. The summed E-state index contributed by atoms with van der Waals surface area (Å²) in [6.45, 7) is 2.47. The van der Waals surface area contributed by atoms with Gasteiger partial charge in [0.1, 0.15) is 11.5 Å². The van der Waals surface area contributed by atoms with Gasteiger partial charge in [0.2, 0.25) is 0 Å². The molecule has 0 aromatic heterocycles. The minimum absolute atomic E-state index is 0.227. The summed E-state index contributed by atoms with van der Waals surface area (Å²) in [7, 11) is 0. The molecule has 0 fully saturated rings. The van der Waals surface area contributed by atoms with Crippen molar-refractivity contribution in [2.45, 2.75) is 19.8 Å². The maximum Gasteiger partial charge on any atom is 0.343 e. The Morgan fingerprint density at radius 1 is 0.964 bits per heavy atom. The predicted molar refractivity (Wildman–Crippen MR) is 104 cm³/mol. The number of ether oxygens (including phenoxy) is 3. The summed E-state index contributed by atoms with van der Waals surface area (Å²) in [5.74, 6) is 0.264. The van der Waals surface area contributed by atoms with E-state index in [1.807, 2.05) is 6.07 Å². The van der Waals surface area contributed by atoms with Crippen molar-refractivity contribution < 1.29 is 23.8 Å². The summed E-state index contributed by atoms with van der Waals surface area (Å²) in [4.78, 5) is 23.1. The molecular weight excluding hydrogens is 358 g/mol. The van der Waals surface area contributed by atoms with Gasteiger partial charge in [0.15, 0.2) is 0 Å². The van der Waals surface area contributed by atoms with Crippen molar-refractivity contribution in [1.82, 2.24) is 0 Å². The summed E-state index contributed by atoms with van der Waals surface area (Å²) in [6, 6.07) is 14.9. The van der Waals surface area contributed by atoms with E-state index in [0.717, 1.165) is 0 Å². The summed E-state index contributed by atoms with van der Waals surface area (Å²) in [5, 5.41) is 8.75. The van der Waals surface area contributed by atoms with E-state index in [9.17, 15) is 9.59 Å². The van der Waals surface area contributed by atoms with Crippen molar-refractivity contribution in [3.8, 4) is 30.4 Å². The molecule has 144 valence electrons. The van der Waals surface area contributed by atoms with Gasteiger partial charge in [-0.15, -0.1) is 12.8 Å². The zero-order chi connectivity index (χ0) is 20.8. The maximum absolute atomic E-state index is 12.1. The van der Waals surface area contributed by atoms with Crippen LogP contribution in [0, 0.1) is 24.2 Å². The molecule has 0 saturated heterocycles. The fourth-order valence-electron chi connectivity index (χ4n) is 1.99. The van der Waals surface area contributed by atoms with Gasteiger partial charge >= 0.3 is 11.9 Å². The normalized spacial score (nSPS) is 9.21. The second kappa shape index (κ2) is 12.6. The number of esters is 2. The molecule has 0 atom stereocenters. The molecule has 2 aromatic rings. The first-order chi connectivity index (χ1) is 13.6. The van der Waals surface area contributed by atoms with Gasteiger partial charge in [0.05, 0.1) is 30.4 Å². The van der Waals surface area contributed by atoms with Crippen LogP contribution in [0.15, 0.2) is 48.5 Å². The molecule has 0 aliphatic carbocycles. The molecule has 0 bridgehead atoms. The number of nitriles is 1. The first-order valence-electron chi connectivity index (χ1n) is 8.56. The number of hydrogen-bond donors (Lipinski definition) is 0. The highest BCUT2D eigenvalue weighted by molar-refractivity contribution is 5.91. The third kappa shape index (κ3) is 7.63. The molecule has 0 heterocycles. The van der Waals surface area contributed by atoms with Crippen LogP contribution in [-0.2, 0) is 9.53 Å². The SMILES string of the molecule is C#C.CCC(=O)OCCCOc1ccc(C(=O)Oc2ccc(C#N)cc2)cc1. The summed E-state index contributed by atoms with van der Waals surface area (Å²) in [6.07, 6.45) is 8.95. The standard InChI is InChI=1S/C20H19NO5.C2H2/c1-2-19(22)25-13-3-12-24-17-10-6-16(7-11-17)20(23)26-18-8-4-15(14-21)5-9-18;1-2/h4-11H,2-3,12-13H2,1H3;1-2H. The average molecular weight is 379 g/mol. The van der Waals surface area contributed by atoms with E-state index >= 15 is 0 Å². The molecule has 6 heteroatoms. The molecule has 0 amide bonds. The van der Waals surface area contributed by atoms with Crippen molar-refractivity contribution in [3.63, 3.8) is 0 Å². The summed E-state index contributed by atoms with van der Waals surface area (Å²) >= 11 is 0. The van der Waals surface area contributed by atoms with Crippen LogP contribution in [0.2, 0.25) is 0 Å². The van der Waals surface area contributed by atoms with E-state index in [4.69, 9.17) is 19.5 Å². The molecule has 28 heavy (non-hydrogen) atoms. The van der Waals surface area contributed by atoms with Crippen molar-refractivity contribution in [2.75, 3.05) is 13.2 Å². The number of benzene rings is 2. The molecule has 0 unspecified atom stereocenters. The molecule has 0 N–H and O–H groups in total. The van der Waals surface area contributed by atoms with Gasteiger partial charge in [0, 0.05) is 12.8 Å². The molecular formula is C22H21NO5. The zero-order valence-corrected chi connectivity index (χ0v) is 15.6. The van der Waals surface area contributed by atoms with Crippen LogP contribution >= 0.6 is 0 Å². The maximum atomic E-state index is 12.1. The minimum atomic E-state index is -0.493. The predicted octanol–water partition coefficient (Wildman–Crippen LogP) is 3.75. The largest absolute Gasteiger partial charge is 0.493 e. The van der Waals surface area contributed by atoms with Crippen LogP contribution in [0.5, 0.6) is 11.5 Å². The van der Waals surface area contributed by atoms with Crippen LogP contribution in [0.4, 0.5) is 0 Å². The van der Waals surface area contributed by atoms with Crippen LogP contribution in [-0.4, -0.2) is 25.2 Å². The molecule has 0 aliphatic heterocycles. The molecule has 0 spiro atoms. The van der Waals surface area contributed by atoms with Crippen LogP contribution < -0.4 is 9.47 Å². The number of terminal acetylenes is 1. The lowest BCUT2D eigenvalue weighted by Gasteiger charge is -2.08. The number of nitrogens with zero attached hydrogens (tertiary/aromatic N) is 1. The molecule has 0 aliphatic rings. The fourth-order valence-corrected chi connectivity index (χ4v) is 1.99. The number of carbonyl (C=O) groups excluding carboxylic acids is 2. The van der Waals surface area contributed by atoms with Crippen molar-refractivity contribution in [2.24, 2.45) is 0 Å². The molecule has 2 aromatic carbocycles. The van der Waals surface area contributed by atoms with Gasteiger partial charge in [-0.25, -0.2) is 4.79 Å². The Balaban J connectivity index is 0.00000190. The van der Waals surface area contributed by atoms with Crippen LogP contribution in [0.25, 0.3) is 0 Å². The molecule has 6 nitrogen and oxygen atoms in total. The van der Waals surface area contributed by atoms with Gasteiger partial charge in [-0.1, -0.05) is 6.92 Å². The quantitative estimate of drug-likeness (QED) is 0.301. The Morgan fingerprint density at radius 3 is 2.14 bits per heavy atom. The third-order valence-corrected chi connectivity index (χ3v) is 3.39. The average Bonchev–Trinajstić information content (AvgIpc) is 2.75. The van der Waals surface area contributed by atoms with E-state index in [0.29, 0.717) is 48.7 Å². The van der Waals surface area contributed by atoms with Gasteiger partial charge in [0.25, 0.3) is 0 Å². The number of hydrogen-bond acceptors (Lipinski definition) is 6. The molecule has 0 saturated carbocycles. The highest BCUT2D eigenvalue weighted by Crippen LogP contribution is 2.16. The number of carbonyl (C=O) groups is 2. The topological polar surface area (TPSA) is 85.6 Å². The molecule has 0 radical (unpaired) electrons. The van der Waals surface area contributed by atoms with Crippen LogP contribution in [0.3, 0.4) is 0 Å². The lowest BCUT2D eigenvalue weighted by molar-refractivity contribution is -0.143.